The molecule has 3 heterocycles. The van der Waals surface area contributed by atoms with Crippen molar-refractivity contribution in [1.29, 1.82) is 0 Å². The molecule has 1 atom stereocenters. The number of thioether (sulfide) groups is 1. The van der Waals surface area contributed by atoms with E-state index < -0.39 is 0 Å². The molecule has 2 fully saturated rings. The van der Waals surface area contributed by atoms with Crippen molar-refractivity contribution in [2.24, 2.45) is 5.73 Å². The molecule has 2 saturated heterocycles. The Kier molecular flexibility index (Phi) is 4.56. The minimum Gasteiger partial charge on any atom is -0.382 e. The van der Waals surface area contributed by atoms with Gasteiger partial charge in [-0.2, -0.15) is 11.8 Å². The van der Waals surface area contributed by atoms with Crippen LogP contribution in [0.1, 0.15) is 28.9 Å². The summed E-state index contributed by atoms with van der Waals surface area (Å²) in [6, 6.07) is 0.543. The largest absolute Gasteiger partial charge is 0.382 e. The summed E-state index contributed by atoms with van der Waals surface area (Å²) in [6.07, 6.45) is 2.95. The van der Waals surface area contributed by atoms with Gasteiger partial charge >= 0.3 is 0 Å². The minimum absolute atomic E-state index is 0.0857. The summed E-state index contributed by atoms with van der Waals surface area (Å²) in [6.45, 7) is 1.77. The van der Waals surface area contributed by atoms with Gasteiger partial charge in [0, 0.05) is 30.9 Å². The van der Waals surface area contributed by atoms with Gasteiger partial charge in [0.2, 0.25) is 0 Å². The van der Waals surface area contributed by atoms with Crippen LogP contribution in [-0.2, 0) is 0 Å². The smallest absolute Gasteiger partial charge is 0.265 e. The second-order valence-electron chi connectivity index (χ2n) is 5.57. The molecular weight excluding hydrogens is 306 g/mol. The highest BCUT2D eigenvalue weighted by atomic mass is 32.2. The number of rotatable bonds is 3. The summed E-state index contributed by atoms with van der Waals surface area (Å²) in [5, 5.41) is 3.89. The van der Waals surface area contributed by atoms with Gasteiger partial charge < -0.3 is 21.7 Å². The van der Waals surface area contributed by atoms with E-state index in [1.807, 2.05) is 11.8 Å². The molecule has 116 valence electrons. The maximum atomic E-state index is 12.3. The number of nitrogen functional groups attached to an aromatic ring is 1. The molecule has 5 N–H and O–H groups in total. The molecule has 0 bridgehead atoms. The Balaban J connectivity index is 1.67. The molecule has 0 spiro atoms. The first-order chi connectivity index (χ1) is 10.1. The van der Waals surface area contributed by atoms with Crippen LogP contribution in [0.25, 0.3) is 0 Å². The second kappa shape index (κ2) is 6.41. The number of piperidine rings is 1. The van der Waals surface area contributed by atoms with Gasteiger partial charge in [-0.15, -0.1) is 0 Å². The molecule has 1 aromatic rings. The summed E-state index contributed by atoms with van der Waals surface area (Å²) in [5.41, 5.74) is 11.8. The molecule has 0 saturated carbocycles. The monoisotopic (exact) mass is 327 g/mol. The number of hydrogen-bond donors (Lipinski definition) is 3. The third-order valence-corrected chi connectivity index (χ3v) is 6.22. The topological polar surface area (TPSA) is 97.3 Å². The van der Waals surface area contributed by atoms with E-state index in [4.69, 9.17) is 11.5 Å². The van der Waals surface area contributed by atoms with Crippen LogP contribution in [0.15, 0.2) is 0 Å². The number of carbonyl (C=O) groups is 1. The Morgan fingerprint density at radius 1 is 1.33 bits per heavy atom. The number of hydrogen-bond acceptors (Lipinski definition) is 7. The SMILES string of the molecule is Nc1nc(N2CCC(N)CC2)sc1C(=O)NC1CCSC1. The molecule has 0 aromatic carbocycles. The highest BCUT2D eigenvalue weighted by Crippen LogP contribution is 2.30. The number of aromatic nitrogens is 1. The van der Waals surface area contributed by atoms with Gasteiger partial charge in [0.15, 0.2) is 5.13 Å². The summed E-state index contributed by atoms with van der Waals surface area (Å²) in [7, 11) is 0. The van der Waals surface area contributed by atoms with E-state index in [1.165, 1.54) is 11.3 Å². The average Bonchev–Trinajstić information content (AvgIpc) is 3.09. The lowest BCUT2D eigenvalue weighted by atomic mass is 10.1. The lowest BCUT2D eigenvalue weighted by Crippen LogP contribution is -2.39. The van der Waals surface area contributed by atoms with E-state index in [1.54, 1.807) is 0 Å². The fraction of sp³-hybridized carbons (Fsp3) is 0.692. The summed E-state index contributed by atoms with van der Waals surface area (Å²) in [4.78, 5) is 19.4. The van der Waals surface area contributed by atoms with E-state index >= 15 is 0 Å². The van der Waals surface area contributed by atoms with Gasteiger partial charge in [0.25, 0.3) is 5.91 Å². The van der Waals surface area contributed by atoms with E-state index in [-0.39, 0.29) is 18.0 Å². The zero-order chi connectivity index (χ0) is 14.8. The number of nitrogens with zero attached hydrogens (tertiary/aromatic N) is 2. The molecule has 0 radical (unpaired) electrons. The van der Waals surface area contributed by atoms with Gasteiger partial charge in [0.05, 0.1) is 0 Å². The first-order valence-corrected chi connectivity index (χ1v) is 9.26. The molecule has 1 unspecified atom stereocenters. The maximum absolute atomic E-state index is 12.3. The zero-order valence-electron chi connectivity index (χ0n) is 11.9. The molecule has 21 heavy (non-hydrogen) atoms. The number of nitrogens with one attached hydrogen (secondary N) is 1. The predicted octanol–water partition coefficient (Wildman–Crippen LogP) is 0.888. The van der Waals surface area contributed by atoms with Crippen LogP contribution in [0.5, 0.6) is 0 Å². The Morgan fingerprint density at radius 2 is 2.10 bits per heavy atom. The highest BCUT2D eigenvalue weighted by Gasteiger charge is 2.25. The van der Waals surface area contributed by atoms with Gasteiger partial charge in [-0.05, 0) is 25.0 Å². The average molecular weight is 327 g/mol. The molecule has 6 nitrogen and oxygen atoms in total. The van der Waals surface area contributed by atoms with E-state index in [0.29, 0.717) is 10.7 Å². The quantitative estimate of drug-likeness (QED) is 0.763. The van der Waals surface area contributed by atoms with Crippen molar-refractivity contribution in [1.82, 2.24) is 10.3 Å². The van der Waals surface area contributed by atoms with E-state index in [0.717, 1.165) is 49.0 Å². The van der Waals surface area contributed by atoms with Crippen molar-refractivity contribution in [3.8, 4) is 0 Å². The fourth-order valence-corrected chi connectivity index (χ4v) is 4.70. The van der Waals surface area contributed by atoms with Crippen molar-refractivity contribution in [3.05, 3.63) is 4.88 Å². The molecular formula is C13H21N5OS2. The third-order valence-electron chi connectivity index (χ3n) is 3.92. The van der Waals surface area contributed by atoms with Crippen molar-refractivity contribution in [3.63, 3.8) is 0 Å². The number of amides is 1. The number of carbonyl (C=O) groups excluding carboxylic acids is 1. The fourth-order valence-electron chi connectivity index (χ4n) is 2.61. The van der Waals surface area contributed by atoms with Crippen molar-refractivity contribution >= 4 is 40.0 Å². The van der Waals surface area contributed by atoms with Crippen LogP contribution in [0.2, 0.25) is 0 Å². The first kappa shape index (κ1) is 14.9. The molecule has 0 aliphatic carbocycles. The highest BCUT2D eigenvalue weighted by molar-refractivity contribution is 7.99. The molecule has 2 aliphatic heterocycles. The van der Waals surface area contributed by atoms with Gasteiger partial charge in [0.1, 0.15) is 10.7 Å². The normalized spacial score (nSPS) is 23.5. The van der Waals surface area contributed by atoms with Crippen LogP contribution in [0.3, 0.4) is 0 Å². The van der Waals surface area contributed by atoms with Crippen molar-refractivity contribution < 1.29 is 4.79 Å². The lowest BCUT2D eigenvalue weighted by molar-refractivity contribution is 0.0946. The zero-order valence-corrected chi connectivity index (χ0v) is 13.5. The molecule has 1 amide bonds. The summed E-state index contributed by atoms with van der Waals surface area (Å²) < 4.78 is 0. The predicted molar refractivity (Wildman–Crippen MR) is 89.1 cm³/mol. The van der Waals surface area contributed by atoms with Crippen LogP contribution >= 0.6 is 23.1 Å². The van der Waals surface area contributed by atoms with Crippen LogP contribution in [0.4, 0.5) is 10.9 Å². The van der Waals surface area contributed by atoms with Crippen LogP contribution in [-0.4, -0.2) is 47.6 Å². The van der Waals surface area contributed by atoms with E-state index in [9.17, 15) is 4.79 Å². The lowest BCUT2D eigenvalue weighted by Gasteiger charge is -2.29. The third kappa shape index (κ3) is 3.44. The van der Waals surface area contributed by atoms with Crippen molar-refractivity contribution in [2.75, 3.05) is 35.2 Å². The molecule has 1 aromatic heterocycles. The van der Waals surface area contributed by atoms with Gasteiger partial charge in [-0.1, -0.05) is 11.3 Å². The van der Waals surface area contributed by atoms with Gasteiger partial charge in [-0.3, -0.25) is 4.79 Å². The van der Waals surface area contributed by atoms with Crippen LogP contribution in [0, 0.1) is 0 Å². The number of anilines is 2. The Morgan fingerprint density at radius 3 is 2.76 bits per heavy atom. The standard InChI is InChI=1S/C13H21N5OS2/c14-8-1-4-18(5-2-8)13-17-11(15)10(21-13)12(19)16-9-3-6-20-7-9/h8-9H,1-7,14-15H2,(H,16,19). The number of thiazole rings is 1. The molecule has 2 aliphatic rings. The second-order valence-corrected chi connectivity index (χ2v) is 7.70. The Hall–Kier alpha value is -0.990. The van der Waals surface area contributed by atoms with Crippen LogP contribution < -0.4 is 21.7 Å². The molecule has 8 heteroatoms. The molecule has 3 rings (SSSR count). The van der Waals surface area contributed by atoms with Gasteiger partial charge in [-0.25, -0.2) is 4.98 Å². The first-order valence-electron chi connectivity index (χ1n) is 7.29. The Bertz CT molecular complexity index is 507. The minimum atomic E-state index is -0.0857. The summed E-state index contributed by atoms with van der Waals surface area (Å²) in [5.74, 6) is 2.36. The van der Waals surface area contributed by atoms with Crippen molar-refractivity contribution in [2.45, 2.75) is 31.3 Å². The maximum Gasteiger partial charge on any atom is 0.265 e. The Labute approximate surface area is 132 Å². The summed E-state index contributed by atoms with van der Waals surface area (Å²) >= 11 is 3.26. The number of nitrogens with two attached hydrogens (primary N) is 2. The van der Waals surface area contributed by atoms with E-state index in [2.05, 4.69) is 15.2 Å².